The SMILES string of the molecule is O=C(OCC1CC1)N1CCc2[nH]c(=O)ccc2C1. The summed E-state index contributed by atoms with van der Waals surface area (Å²) in [6.07, 6.45) is 2.80. The van der Waals surface area contributed by atoms with E-state index in [1.165, 1.54) is 18.9 Å². The van der Waals surface area contributed by atoms with Crippen LogP contribution >= 0.6 is 0 Å². The lowest BCUT2D eigenvalue weighted by Crippen LogP contribution is -2.37. The van der Waals surface area contributed by atoms with Crippen molar-refractivity contribution in [1.29, 1.82) is 0 Å². The second kappa shape index (κ2) is 4.48. The van der Waals surface area contributed by atoms with E-state index in [1.54, 1.807) is 11.0 Å². The number of amides is 1. The van der Waals surface area contributed by atoms with Gasteiger partial charge in [0.25, 0.3) is 0 Å². The van der Waals surface area contributed by atoms with E-state index >= 15 is 0 Å². The van der Waals surface area contributed by atoms with Crippen molar-refractivity contribution >= 4 is 6.09 Å². The largest absolute Gasteiger partial charge is 0.449 e. The molecule has 1 N–H and O–H groups in total. The fraction of sp³-hybridized carbons (Fsp3) is 0.538. The number of fused-ring (bicyclic) bond motifs is 1. The van der Waals surface area contributed by atoms with Crippen LogP contribution in [0.15, 0.2) is 16.9 Å². The topological polar surface area (TPSA) is 62.4 Å². The molecule has 0 saturated heterocycles. The predicted octanol–water partition coefficient (Wildman–Crippen LogP) is 1.28. The quantitative estimate of drug-likeness (QED) is 0.857. The molecule has 1 aromatic rings. The van der Waals surface area contributed by atoms with Crippen molar-refractivity contribution in [3.05, 3.63) is 33.7 Å². The van der Waals surface area contributed by atoms with Crippen molar-refractivity contribution in [1.82, 2.24) is 9.88 Å². The Hall–Kier alpha value is -1.78. The first-order chi connectivity index (χ1) is 8.72. The van der Waals surface area contributed by atoms with E-state index in [2.05, 4.69) is 4.98 Å². The monoisotopic (exact) mass is 248 g/mol. The van der Waals surface area contributed by atoms with E-state index in [4.69, 9.17) is 4.74 Å². The van der Waals surface area contributed by atoms with E-state index in [0.717, 1.165) is 11.3 Å². The number of carbonyl (C=O) groups excluding carboxylic acids is 1. The maximum atomic E-state index is 11.8. The molecule has 1 saturated carbocycles. The fourth-order valence-electron chi connectivity index (χ4n) is 2.17. The highest BCUT2D eigenvalue weighted by Gasteiger charge is 2.26. The molecular weight excluding hydrogens is 232 g/mol. The van der Waals surface area contributed by atoms with Gasteiger partial charge in [0.2, 0.25) is 5.56 Å². The average molecular weight is 248 g/mol. The number of aromatic nitrogens is 1. The lowest BCUT2D eigenvalue weighted by atomic mass is 10.1. The summed E-state index contributed by atoms with van der Waals surface area (Å²) in [6.45, 7) is 1.68. The number of hydrogen-bond acceptors (Lipinski definition) is 3. The summed E-state index contributed by atoms with van der Waals surface area (Å²) in [7, 11) is 0. The van der Waals surface area contributed by atoms with Crippen molar-refractivity contribution in [3.63, 3.8) is 0 Å². The number of nitrogens with one attached hydrogen (secondary N) is 1. The minimum absolute atomic E-state index is 0.0847. The molecule has 2 heterocycles. The van der Waals surface area contributed by atoms with Gasteiger partial charge >= 0.3 is 6.09 Å². The van der Waals surface area contributed by atoms with E-state index < -0.39 is 0 Å². The van der Waals surface area contributed by atoms with Gasteiger partial charge in [-0.25, -0.2) is 4.79 Å². The third-order valence-electron chi connectivity index (χ3n) is 3.49. The highest BCUT2D eigenvalue weighted by atomic mass is 16.6. The first kappa shape index (κ1) is 11.3. The van der Waals surface area contributed by atoms with Gasteiger partial charge in [0.15, 0.2) is 0 Å². The Balaban J connectivity index is 1.64. The Morgan fingerprint density at radius 3 is 3.06 bits per heavy atom. The maximum absolute atomic E-state index is 11.8. The van der Waals surface area contributed by atoms with Crippen LogP contribution in [0.1, 0.15) is 24.1 Å². The van der Waals surface area contributed by atoms with Crippen LogP contribution in [0, 0.1) is 5.92 Å². The van der Waals surface area contributed by atoms with Gasteiger partial charge in [-0.05, 0) is 24.3 Å². The van der Waals surface area contributed by atoms with Crippen molar-refractivity contribution < 1.29 is 9.53 Å². The Bertz CT molecular complexity index is 519. The lowest BCUT2D eigenvalue weighted by Gasteiger charge is -2.27. The number of nitrogens with zero attached hydrogens (tertiary/aromatic N) is 1. The van der Waals surface area contributed by atoms with Gasteiger partial charge in [0, 0.05) is 24.7 Å². The van der Waals surface area contributed by atoms with Crippen molar-refractivity contribution in [3.8, 4) is 0 Å². The molecule has 5 nitrogen and oxygen atoms in total. The molecule has 0 spiro atoms. The summed E-state index contributed by atoms with van der Waals surface area (Å²) in [6, 6.07) is 3.28. The van der Waals surface area contributed by atoms with E-state index in [9.17, 15) is 9.59 Å². The van der Waals surface area contributed by atoms with Gasteiger partial charge in [-0.2, -0.15) is 0 Å². The minimum Gasteiger partial charge on any atom is -0.449 e. The summed E-state index contributed by atoms with van der Waals surface area (Å²) in [4.78, 5) is 27.5. The second-order valence-corrected chi connectivity index (χ2v) is 5.02. The summed E-state index contributed by atoms with van der Waals surface area (Å²) >= 11 is 0. The van der Waals surface area contributed by atoms with Gasteiger partial charge < -0.3 is 14.6 Å². The molecule has 96 valence electrons. The fourth-order valence-corrected chi connectivity index (χ4v) is 2.17. The molecule has 0 atom stereocenters. The van der Waals surface area contributed by atoms with Crippen LogP contribution in [0.4, 0.5) is 4.79 Å². The zero-order chi connectivity index (χ0) is 12.5. The Morgan fingerprint density at radius 2 is 2.28 bits per heavy atom. The molecule has 1 aromatic heterocycles. The van der Waals surface area contributed by atoms with Crippen molar-refractivity contribution in [2.45, 2.75) is 25.8 Å². The highest BCUT2D eigenvalue weighted by Crippen LogP contribution is 2.29. The van der Waals surface area contributed by atoms with Crippen LogP contribution in [0.25, 0.3) is 0 Å². The van der Waals surface area contributed by atoms with E-state index in [0.29, 0.717) is 32.0 Å². The van der Waals surface area contributed by atoms with Crippen LogP contribution in [-0.2, 0) is 17.7 Å². The maximum Gasteiger partial charge on any atom is 0.410 e. The van der Waals surface area contributed by atoms with Crippen LogP contribution < -0.4 is 5.56 Å². The Morgan fingerprint density at radius 1 is 1.44 bits per heavy atom. The van der Waals surface area contributed by atoms with Gasteiger partial charge in [-0.15, -0.1) is 0 Å². The van der Waals surface area contributed by atoms with E-state index in [-0.39, 0.29) is 11.7 Å². The first-order valence-electron chi connectivity index (χ1n) is 6.35. The smallest absolute Gasteiger partial charge is 0.410 e. The normalized spacial score (nSPS) is 18.3. The van der Waals surface area contributed by atoms with Crippen LogP contribution in [-0.4, -0.2) is 29.1 Å². The first-order valence-corrected chi connectivity index (χ1v) is 6.35. The third-order valence-corrected chi connectivity index (χ3v) is 3.49. The molecule has 3 rings (SSSR count). The van der Waals surface area contributed by atoms with Crippen molar-refractivity contribution in [2.24, 2.45) is 5.92 Å². The summed E-state index contributed by atoms with van der Waals surface area (Å²) < 4.78 is 5.26. The highest BCUT2D eigenvalue weighted by molar-refractivity contribution is 5.68. The van der Waals surface area contributed by atoms with Gasteiger partial charge in [-0.1, -0.05) is 6.07 Å². The molecule has 1 aliphatic carbocycles. The van der Waals surface area contributed by atoms with Crippen LogP contribution in [0.5, 0.6) is 0 Å². The van der Waals surface area contributed by atoms with Gasteiger partial charge in [0.05, 0.1) is 13.2 Å². The van der Waals surface area contributed by atoms with Gasteiger partial charge in [-0.3, -0.25) is 4.79 Å². The second-order valence-electron chi connectivity index (χ2n) is 5.02. The molecule has 0 unspecified atom stereocenters. The molecule has 0 radical (unpaired) electrons. The standard InChI is InChI=1S/C13H16N2O3/c16-12-4-3-10-7-15(6-5-11(10)14-12)13(17)18-8-9-1-2-9/h3-4,9H,1-2,5-8H2,(H,14,16). The summed E-state index contributed by atoms with van der Waals surface area (Å²) in [5.74, 6) is 0.586. The molecule has 1 aliphatic heterocycles. The molecule has 2 aliphatic rings. The number of carbonyl (C=O) groups is 1. The number of rotatable bonds is 2. The zero-order valence-electron chi connectivity index (χ0n) is 10.1. The Labute approximate surface area is 105 Å². The van der Waals surface area contributed by atoms with E-state index in [1.807, 2.05) is 0 Å². The van der Waals surface area contributed by atoms with Gasteiger partial charge in [0.1, 0.15) is 0 Å². The number of ether oxygens (including phenoxy) is 1. The number of pyridine rings is 1. The molecule has 5 heteroatoms. The average Bonchev–Trinajstić information content (AvgIpc) is 3.19. The molecule has 0 aromatic carbocycles. The number of hydrogen-bond donors (Lipinski definition) is 1. The minimum atomic E-state index is -0.237. The Kier molecular flexibility index (Phi) is 2.81. The lowest BCUT2D eigenvalue weighted by molar-refractivity contribution is 0.0935. The predicted molar refractivity (Wildman–Crippen MR) is 65.2 cm³/mol. The summed E-state index contributed by atoms with van der Waals surface area (Å²) in [5, 5.41) is 0. The number of aromatic amines is 1. The van der Waals surface area contributed by atoms with Crippen molar-refractivity contribution in [2.75, 3.05) is 13.2 Å². The molecule has 1 amide bonds. The molecule has 18 heavy (non-hydrogen) atoms. The third kappa shape index (κ3) is 2.39. The molecule has 0 bridgehead atoms. The van der Waals surface area contributed by atoms with Crippen LogP contribution in [0.3, 0.4) is 0 Å². The zero-order valence-corrected chi connectivity index (χ0v) is 10.1. The number of H-pyrrole nitrogens is 1. The van der Waals surface area contributed by atoms with Crippen LogP contribution in [0.2, 0.25) is 0 Å². The molecular formula is C13H16N2O3. The molecule has 1 fully saturated rings. The summed E-state index contributed by atoms with van der Waals surface area (Å²) in [5.41, 5.74) is 1.86.